The number of aryl methyl sites for hydroxylation is 2. The molecule has 0 radical (unpaired) electrons. The molecule has 0 aromatic carbocycles. The monoisotopic (exact) mass is 275 g/mol. The zero-order chi connectivity index (χ0) is 14.7. The molecule has 2 heterocycles. The van der Waals surface area contributed by atoms with Crippen LogP contribution in [0.3, 0.4) is 0 Å². The van der Waals surface area contributed by atoms with Crippen molar-refractivity contribution < 1.29 is 9.72 Å². The second kappa shape index (κ2) is 5.47. The Balaban J connectivity index is 2.21. The van der Waals surface area contributed by atoms with Gasteiger partial charge in [-0.05, 0) is 19.1 Å². The van der Waals surface area contributed by atoms with E-state index in [-0.39, 0.29) is 11.4 Å². The van der Waals surface area contributed by atoms with Gasteiger partial charge in [0.05, 0.1) is 11.1 Å². The number of rotatable bonds is 5. The minimum absolute atomic E-state index is 0.170. The first-order chi connectivity index (χ1) is 9.51. The number of nitro groups is 1. The number of hydrogen-bond acceptors (Lipinski definition) is 5. The van der Waals surface area contributed by atoms with Crippen LogP contribution < -0.4 is 0 Å². The molecule has 2 aromatic heterocycles. The maximum absolute atomic E-state index is 11.9. The lowest BCUT2D eigenvalue weighted by Gasteiger charge is -1.90. The van der Waals surface area contributed by atoms with Gasteiger partial charge >= 0.3 is 5.69 Å². The predicted molar refractivity (Wildman–Crippen MR) is 71.1 cm³/mol. The molecule has 2 aromatic rings. The van der Waals surface area contributed by atoms with Crippen LogP contribution in [0.2, 0.25) is 0 Å². The standard InChI is InChI=1S/C12H13N5O3/c1-3-16-7-9(6-13-16)4-5-11(18)12-10(17(19)20)8-15(2)14-12/h4-8H,3H2,1-2H3/b5-4+. The number of nitrogens with zero attached hydrogens (tertiary/aromatic N) is 5. The number of carbonyl (C=O) groups is 1. The van der Waals surface area contributed by atoms with Crippen molar-refractivity contribution in [2.24, 2.45) is 7.05 Å². The average molecular weight is 275 g/mol. The van der Waals surface area contributed by atoms with E-state index < -0.39 is 10.7 Å². The summed E-state index contributed by atoms with van der Waals surface area (Å²) in [4.78, 5) is 22.1. The van der Waals surface area contributed by atoms with Crippen molar-refractivity contribution in [1.29, 1.82) is 0 Å². The lowest BCUT2D eigenvalue weighted by molar-refractivity contribution is -0.385. The molecule has 20 heavy (non-hydrogen) atoms. The molecular formula is C12H13N5O3. The van der Waals surface area contributed by atoms with E-state index in [4.69, 9.17) is 0 Å². The van der Waals surface area contributed by atoms with Gasteiger partial charge < -0.3 is 0 Å². The molecule has 2 rings (SSSR count). The zero-order valence-corrected chi connectivity index (χ0v) is 11.1. The van der Waals surface area contributed by atoms with E-state index in [2.05, 4.69) is 10.2 Å². The fourth-order valence-electron chi connectivity index (χ4n) is 1.67. The Bertz CT molecular complexity index is 683. The quantitative estimate of drug-likeness (QED) is 0.356. The third-order valence-electron chi connectivity index (χ3n) is 2.64. The highest BCUT2D eigenvalue weighted by Crippen LogP contribution is 2.17. The number of carbonyl (C=O) groups excluding carboxylic acids is 1. The maximum Gasteiger partial charge on any atom is 0.318 e. The average Bonchev–Trinajstić information content (AvgIpc) is 3.02. The van der Waals surface area contributed by atoms with Crippen LogP contribution in [0, 0.1) is 10.1 Å². The summed E-state index contributed by atoms with van der Waals surface area (Å²) in [5.74, 6) is -0.512. The predicted octanol–water partition coefficient (Wildman–Crippen LogP) is 1.44. The van der Waals surface area contributed by atoms with E-state index in [1.165, 1.54) is 24.0 Å². The Morgan fingerprint density at radius 3 is 2.85 bits per heavy atom. The van der Waals surface area contributed by atoms with Gasteiger partial charge in [0.25, 0.3) is 0 Å². The molecular weight excluding hydrogens is 262 g/mol. The number of aromatic nitrogens is 4. The van der Waals surface area contributed by atoms with Gasteiger partial charge in [-0.1, -0.05) is 0 Å². The van der Waals surface area contributed by atoms with Crippen LogP contribution in [0.25, 0.3) is 6.08 Å². The summed E-state index contributed by atoms with van der Waals surface area (Å²) in [7, 11) is 1.53. The van der Waals surface area contributed by atoms with Crippen molar-refractivity contribution >= 4 is 17.5 Å². The molecule has 0 unspecified atom stereocenters. The van der Waals surface area contributed by atoms with E-state index in [1.807, 2.05) is 6.92 Å². The van der Waals surface area contributed by atoms with E-state index >= 15 is 0 Å². The van der Waals surface area contributed by atoms with Crippen LogP contribution in [0.15, 0.2) is 24.7 Å². The van der Waals surface area contributed by atoms with Crippen molar-refractivity contribution in [3.05, 3.63) is 46.0 Å². The van der Waals surface area contributed by atoms with Crippen molar-refractivity contribution in [3.8, 4) is 0 Å². The number of allylic oxidation sites excluding steroid dienone is 1. The molecule has 0 fully saturated rings. The van der Waals surface area contributed by atoms with Crippen LogP contribution in [-0.2, 0) is 13.6 Å². The molecule has 0 amide bonds. The first kappa shape index (κ1) is 13.7. The largest absolute Gasteiger partial charge is 0.318 e. The Morgan fingerprint density at radius 1 is 1.50 bits per heavy atom. The summed E-state index contributed by atoms with van der Waals surface area (Å²) in [5, 5.41) is 18.7. The first-order valence-corrected chi connectivity index (χ1v) is 5.94. The highest BCUT2D eigenvalue weighted by molar-refractivity contribution is 6.07. The van der Waals surface area contributed by atoms with Crippen LogP contribution in [-0.4, -0.2) is 30.3 Å². The Morgan fingerprint density at radius 2 is 2.25 bits per heavy atom. The first-order valence-electron chi connectivity index (χ1n) is 5.94. The minimum atomic E-state index is -0.622. The highest BCUT2D eigenvalue weighted by Gasteiger charge is 2.22. The summed E-state index contributed by atoms with van der Waals surface area (Å²) in [6.07, 6.45) is 7.40. The lowest BCUT2D eigenvalue weighted by Crippen LogP contribution is -2.00. The Hall–Kier alpha value is -2.77. The molecule has 8 nitrogen and oxygen atoms in total. The summed E-state index contributed by atoms with van der Waals surface area (Å²) in [5.41, 5.74) is 0.279. The zero-order valence-electron chi connectivity index (χ0n) is 11.1. The molecule has 0 aliphatic heterocycles. The van der Waals surface area contributed by atoms with Gasteiger partial charge in [-0.15, -0.1) is 0 Å². The van der Waals surface area contributed by atoms with Gasteiger partial charge in [0.15, 0.2) is 0 Å². The lowest BCUT2D eigenvalue weighted by atomic mass is 10.2. The van der Waals surface area contributed by atoms with Gasteiger partial charge in [0.2, 0.25) is 11.5 Å². The molecule has 0 aliphatic rings. The third-order valence-corrected chi connectivity index (χ3v) is 2.64. The van der Waals surface area contributed by atoms with Gasteiger partial charge in [-0.25, -0.2) is 0 Å². The molecule has 0 N–H and O–H groups in total. The molecule has 0 atom stereocenters. The van der Waals surface area contributed by atoms with Crippen molar-refractivity contribution in [2.45, 2.75) is 13.5 Å². The van der Waals surface area contributed by atoms with Crippen molar-refractivity contribution in [3.63, 3.8) is 0 Å². The molecule has 0 bridgehead atoms. The van der Waals surface area contributed by atoms with Crippen molar-refractivity contribution in [1.82, 2.24) is 19.6 Å². The molecule has 8 heteroatoms. The summed E-state index contributed by atoms with van der Waals surface area (Å²) >= 11 is 0. The molecule has 104 valence electrons. The van der Waals surface area contributed by atoms with E-state index in [9.17, 15) is 14.9 Å². The van der Waals surface area contributed by atoms with Crippen LogP contribution in [0.4, 0.5) is 5.69 Å². The van der Waals surface area contributed by atoms with E-state index in [0.717, 1.165) is 12.1 Å². The van der Waals surface area contributed by atoms with Gasteiger partial charge in [0.1, 0.15) is 6.20 Å². The van der Waals surface area contributed by atoms with Gasteiger partial charge in [-0.2, -0.15) is 10.2 Å². The maximum atomic E-state index is 11.9. The minimum Gasteiger partial charge on any atom is -0.287 e. The van der Waals surface area contributed by atoms with Gasteiger partial charge in [-0.3, -0.25) is 24.3 Å². The smallest absolute Gasteiger partial charge is 0.287 e. The topological polar surface area (TPSA) is 95.8 Å². The van der Waals surface area contributed by atoms with E-state index in [1.54, 1.807) is 23.2 Å². The number of hydrogen-bond donors (Lipinski definition) is 0. The molecule has 0 aliphatic carbocycles. The summed E-state index contributed by atoms with van der Waals surface area (Å²) in [6.45, 7) is 2.68. The third kappa shape index (κ3) is 2.79. The fourth-order valence-corrected chi connectivity index (χ4v) is 1.67. The number of ketones is 1. The van der Waals surface area contributed by atoms with Crippen LogP contribution in [0.1, 0.15) is 23.0 Å². The second-order valence-electron chi connectivity index (χ2n) is 4.12. The fraction of sp³-hybridized carbons (Fsp3) is 0.250. The van der Waals surface area contributed by atoms with Gasteiger partial charge in [0, 0.05) is 25.4 Å². The SMILES string of the molecule is CCn1cc(/C=C/C(=O)c2nn(C)cc2[N+](=O)[O-])cn1. The molecule has 0 saturated heterocycles. The molecule has 0 saturated carbocycles. The summed E-state index contributed by atoms with van der Waals surface area (Å²) < 4.78 is 2.96. The summed E-state index contributed by atoms with van der Waals surface area (Å²) in [6, 6.07) is 0. The van der Waals surface area contributed by atoms with Crippen LogP contribution in [0.5, 0.6) is 0 Å². The van der Waals surface area contributed by atoms with Crippen LogP contribution >= 0.6 is 0 Å². The Labute approximate surface area is 114 Å². The molecule has 0 spiro atoms. The Kier molecular flexibility index (Phi) is 3.74. The second-order valence-corrected chi connectivity index (χ2v) is 4.12. The van der Waals surface area contributed by atoms with E-state index in [0.29, 0.717) is 0 Å². The van der Waals surface area contributed by atoms with Crippen molar-refractivity contribution in [2.75, 3.05) is 0 Å². The highest BCUT2D eigenvalue weighted by atomic mass is 16.6. The normalized spacial score (nSPS) is 11.1.